The molecule has 5 heterocycles. The molecule has 1 aromatic carbocycles. The lowest BCUT2D eigenvalue weighted by molar-refractivity contribution is -0.349. The van der Waals surface area contributed by atoms with Gasteiger partial charge in [-0.2, -0.15) is 0 Å². The van der Waals surface area contributed by atoms with Gasteiger partial charge in [0.25, 0.3) is 5.79 Å². The fourth-order valence-electron chi connectivity index (χ4n) is 13.6. The predicted molar refractivity (Wildman–Crippen MR) is 421 cm³/mol. The van der Waals surface area contributed by atoms with Crippen LogP contribution in [0.4, 0.5) is 0 Å². The molecule has 49 nitrogen and oxygen atoms in total. The summed E-state index contributed by atoms with van der Waals surface area (Å²) in [4.78, 5) is 140. The summed E-state index contributed by atoms with van der Waals surface area (Å²) < 4.78 is 100. The number of hydrogen-bond donors (Lipinski definition) is 21. The monoisotopic (exact) mass is 1850 g/mol. The van der Waals surface area contributed by atoms with Crippen LogP contribution in [-0.2, 0) is 138 Å². The zero-order valence-electron chi connectivity index (χ0n) is 71.2. The molecule has 0 bridgehead atoms. The van der Waals surface area contributed by atoms with Crippen molar-refractivity contribution < 1.29 is 205 Å². The zero-order chi connectivity index (χ0) is 94.2. The van der Waals surface area contributed by atoms with Crippen LogP contribution in [0.1, 0.15) is 137 Å². The van der Waals surface area contributed by atoms with Crippen molar-refractivity contribution in [1.82, 2.24) is 36.3 Å². The van der Waals surface area contributed by atoms with Crippen molar-refractivity contribution in [3.8, 4) is 0 Å². The van der Waals surface area contributed by atoms with Gasteiger partial charge in [-0.15, -0.1) is 5.10 Å². The average molecular weight is 1850 g/mol. The highest BCUT2D eigenvalue weighted by molar-refractivity contribution is 7.46. The topological polar surface area (TPSA) is 732 Å². The quantitative estimate of drug-likeness (QED) is 0.00962. The van der Waals surface area contributed by atoms with E-state index in [1.54, 1.807) is 58.0 Å². The molecule has 724 valence electrons. The van der Waals surface area contributed by atoms with Crippen molar-refractivity contribution >= 4 is 61.3 Å². The summed E-state index contributed by atoms with van der Waals surface area (Å²) in [5.74, 6) is -11.9. The van der Waals surface area contributed by atoms with Crippen molar-refractivity contribution in [3.05, 3.63) is 47.8 Å². The summed E-state index contributed by atoms with van der Waals surface area (Å²) in [5.41, 5.74) is 0.765. The van der Waals surface area contributed by atoms with E-state index in [1.165, 1.54) is 24.7 Å². The number of hydrogen-bond acceptors (Lipinski definition) is 41. The fourth-order valence-corrected chi connectivity index (χ4v) is 14.2. The smallest absolute Gasteiger partial charge is 0.470 e. The van der Waals surface area contributed by atoms with Gasteiger partial charge in [-0.25, -0.2) is 14.0 Å². The van der Waals surface area contributed by atoms with E-state index >= 15 is 0 Å². The van der Waals surface area contributed by atoms with Gasteiger partial charge < -0.3 is 174 Å². The number of rotatable bonds is 55. The Kier molecular flexibility index (Phi) is 45.5. The number of carbonyl (C=O) groups excluding carboxylic acids is 8. The second-order valence-corrected chi connectivity index (χ2v) is 31.8. The number of aliphatic hydroxyl groups excluding tert-OH is 14. The number of carboxylic acids is 1. The van der Waals surface area contributed by atoms with Gasteiger partial charge >= 0.3 is 37.7 Å². The molecule has 0 saturated carbocycles. The molecule has 29 atom stereocenters. The number of carboxylic acid groups (broad SMARTS) is 1. The Balaban J connectivity index is 1.13. The lowest BCUT2D eigenvalue weighted by atomic mass is 9.88. The van der Waals surface area contributed by atoms with Gasteiger partial charge in [0.1, 0.15) is 104 Å². The maximum absolute atomic E-state index is 14.1. The number of ether oxygens (including phenoxy) is 14. The van der Waals surface area contributed by atoms with Crippen molar-refractivity contribution in [2.45, 2.75) is 322 Å². The van der Waals surface area contributed by atoms with Crippen LogP contribution >= 0.6 is 7.82 Å². The molecule has 50 heteroatoms. The molecule has 4 aliphatic rings. The van der Waals surface area contributed by atoms with E-state index in [-0.39, 0.29) is 83.2 Å². The fraction of sp³-hybridized carbons (Fsp3) is 0.779. The van der Waals surface area contributed by atoms with E-state index in [0.717, 1.165) is 6.92 Å². The molecule has 0 spiro atoms. The van der Waals surface area contributed by atoms with Crippen LogP contribution in [0, 0.1) is 0 Å². The van der Waals surface area contributed by atoms with Gasteiger partial charge in [0.15, 0.2) is 37.4 Å². The lowest BCUT2D eigenvalue weighted by Gasteiger charge is -2.47. The van der Waals surface area contributed by atoms with Gasteiger partial charge in [-0.05, 0) is 38.2 Å². The lowest BCUT2D eigenvalue weighted by Crippen LogP contribution is -2.68. The van der Waals surface area contributed by atoms with Crippen LogP contribution in [0.15, 0.2) is 36.5 Å². The van der Waals surface area contributed by atoms with E-state index in [2.05, 4.69) is 31.6 Å². The van der Waals surface area contributed by atoms with Crippen molar-refractivity contribution in [2.75, 3.05) is 59.4 Å². The molecule has 4 saturated heterocycles. The molecule has 127 heavy (non-hydrogen) atoms. The number of benzene rings is 1. The number of carbonyl (C=O) groups is 9. The molecule has 4 aliphatic heterocycles. The van der Waals surface area contributed by atoms with E-state index in [1.807, 2.05) is 0 Å². The molecule has 2 aromatic rings. The summed E-state index contributed by atoms with van der Waals surface area (Å²) >= 11 is 0. The van der Waals surface area contributed by atoms with Crippen LogP contribution in [0.5, 0.6) is 0 Å². The van der Waals surface area contributed by atoms with Crippen LogP contribution < -0.4 is 21.3 Å². The molecular weight excluding hydrogens is 1730 g/mol. The number of nitrogens with one attached hydrogen (secondary N) is 4. The standard InChI is InChI=1S/C77H124N7O42P/c1-8-41(90)26-54(97)80-61-69(122-58(101)27-42(91)9-2)64(104)51(37-114-74-62(81-55(98)28-43(10-3)116-56(99)12-5)71(68(50(35-88)119-74)126-127(109,110)111)123-59(102)29-44(11-4)117-57(100)13-6)121-73(61)112-23-21-78-52(95)20-19-40-31-84(83-82-40)22-24-113-75-66(106)65(105)67(49(34-87)120-75)124-72(118-48(33-86)38(7)89)47(94)36-115-77(76(107)108)30-45(92)60(70(125-77)63(103)46(93)32-85)79-53(96)25-39-17-15-14-16-18-39/h14-18,31,38,41-51,60-75,85-94,103-106H,8-13,19-30,32-37H2,1-7H3,(H,78,95)(H,79,96)(H,80,97)(H,81,98)(H,107,108)(H2,109,110,111)/t38-,41-,42-,43-,44-,45-,46-,47+,48?,49?,50?,51?,60-,61?,62+,63-,64-,65?,66+,67-,68-,69?,70?,71?,72+,73+,74-,75-,77-/m1/s1. The normalized spacial score (nSPS) is 28.7. The minimum absolute atomic E-state index is 0.0504. The Bertz CT molecular complexity index is 3760. The maximum Gasteiger partial charge on any atom is 0.470 e. The molecule has 21 N–H and O–H groups in total. The first-order valence-electron chi connectivity index (χ1n) is 41.7. The van der Waals surface area contributed by atoms with Crippen molar-refractivity contribution in [1.29, 1.82) is 0 Å². The highest BCUT2D eigenvalue weighted by atomic mass is 31.2. The molecule has 6 rings (SSSR count). The Morgan fingerprint density at radius 1 is 0.614 bits per heavy atom. The van der Waals surface area contributed by atoms with Crippen LogP contribution in [0.2, 0.25) is 0 Å². The molecule has 4 amide bonds. The Morgan fingerprint density at radius 2 is 1.18 bits per heavy atom. The van der Waals surface area contributed by atoms with Crippen LogP contribution in [0.3, 0.4) is 0 Å². The largest absolute Gasteiger partial charge is 0.477 e. The van der Waals surface area contributed by atoms with Crippen LogP contribution in [0.25, 0.3) is 0 Å². The Hall–Kier alpha value is -7.26. The molecule has 0 aliphatic carbocycles. The summed E-state index contributed by atoms with van der Waals surface area (Å²) in [5, 5.41) is 181. The Labute approximate surface area is 729 Å². The molecule has 0 radical (unpaired) electrons. The van der Waals surface area contributed by atoms with Gasteiger partial charge in [0.2, 0.25) is 23.6 Å². The van der Waals surface area contributed by atoms with E-state index in [4.69, 9.17) is 70.8 Å². The van der Waals surface area contributed by atoms with Gasteiger partial charge in [-0.1, -0.05) is 77.1 Å². The summed E-state index contributed by atoms with van der Waals surface area (Å²) in [6.07, 6.45) is -48.2. The first-order chi connectivity index (χ1) is 60.2. The van der Waals surface area contributed by atoms with E-state index in [9.17, 15) is 134 Å². The van der Waals surface area contributed by atoms with Gasteiger partial charge in [0, 0.05) is 44.8 Å². The minimum Gasteiger partial charge on any atom is -0.477 e. The molecule has 1 aromatic heterocycles. The third kappa shape index (κ3) is 33.5. The second kappa shape index (κ2) is 53.3. The summed E-state index contributed by atoms with van der Waals surface area (Å²) in [7, 11) is -5.65. The number of aromatic nitrogens is 3. The number of phosphoric ester groups is 1. The second-order valence-electron chi connectivity index (χ2n) is 30.6. The van der Waals surface area contributed by atoms with Crippen LogP contribution in [-0.4, -0.2) is 392 Å². The SMILES string of the molecule is CCC(=O)O[C@H](CC)CC(=O)N[C@H]1C(OC(=O)C[C@@H](CC)OC(=O)CC)[C@H](OP(=O)(O)O)C(CO)O[C@H]1OCC1O[C@H](OCCNC(=O)CCc2cn(CCO[C@@H]3OC(CO)[C@@H](O[C@H](OC(CO)[C@@H](C)O)[C@@H](O)CO[C@]4(C(=O)O)C[C@@H](O)[C@@H](NC(=O)Cc5ccccc5)C([C@H](O)[C@H](O)CO)O4)C(O)[C@@H]3O)nn2)C(NC(=O)C[C@H](O)CC)C(OC(=O)C[C@H](O)CC)[C@@H]1O. The summed E-state index contributed by atoms with van der Waals surface area (Å²) in [6.45, 7) is 2.71. The van der Waals surface area contributed by atoms with Crippen molar-refractivity contribution in [2.24, 2.45) is 0 Å². The molecular formula is C77H124N7O42P. The summed E-state index contributed by atoms with van der Waals surface area (Å²) in [6, 6.07) is 2.95. The number of aryl methyl sites for hydroxylation is 1. The number of aliphatic hydroxyl groups is 14. The van der Waals surface area contributed by atoms with Gasteiger partial charge in [-0.3, -0.25) is 42.9 Å². The number of esters is 4. The number of amides is 4. The average Bonchev–Trinajstić information content (AvgIpc) is 1.07. The molecule has 4 fully saturated rings. The number of phosphoric acid groups is 1. The third-order valence-corrected chi connectivity index (χ3v) is 21.3. The highest BCUT2D eigenvalue weighted by Gasteiger charge is 2.59. The first kappa shape index (κ1) is 108. The van der Waals surface area contributed by atoms with E-state index < -0.39 is 317 Å². The number of nitrogens with zero attached hydrogens (tertiary/aromatic N) is 3. The van der Waals surface area contributed by atoms with Gasteiger partial charge in [0.05, 0.1) is 128 Å². The zero-order valence-corrected chi connectivity index (χ0v) is 72.1. The Morgan fingerprint density at radius 3 is 1.77 bits per heavy atom. The highest BCUT2D eigenvalue weighted by Crippen LogP contribution is 2.43. The third-order valence-electron chi connectivity index (χ3n) is 20.8. The first-order valence-corrected chi connectivity index (χ1v) is 43.3. The molecule has 9 unspecified atom stereocenters. The maximum atomic E-state index is 14.1. The number of aliphatic carboxylic acids is 1. The van der Waals surface area contributed by atoms with E-state index in [0.29, 0.717) is 5.56 Å². The minimum atomic E-state index is -5.65. The van der Waals surface area contributed by atoms with Crippen molar-refractivity contribution in [3.63, 3.8) is 0 Å². The predicted octanol–water partition coefficient (Wildman–Crippen LogP) is -7.33.